The summed E-state index contributed by atoms with van der Waals surface area (Å²) in [7, 11) is 0. The molecule has 2 N–H and O–H groups in total. The third-order valence-electron chi connectivity index (χ3n) is 4.32. The number of carbonyl (C=O) groups excluding carboxylic acids is 5. The molecule has 0 aromatic heterocycles. The van der Waals surface area contributed by atoms with Crippen LogP contribution in [0.5, 0.6) is 0 Å². The molecule has 0 aliphatic carbocycles. The van der Waals surface area contributed by atoms with Gasteiger partial charge in [-0.1, -0.05) is 36.4 Å². The molecule has 2 aliphatic heterocycles. The molecule has 8 nitrogen and oxygen atoms in total. The quantitative estimate of drug-likeness (QED) is 0.787. The Morgan fingerprint density at radius 3 is 2.50 bits per heavy atom. The number of hydrogen-bond donors (Lipinski definition) is 2. The molecule has 142 valence electrons. The number of imide groups is 2. The van der Waals surface area contributed by atoms with Gasteiger partial charge in [-0.05, 0) is 35.0 Å². The second-order valence-corrected chi connectivity index (χ2v) is 8.33. The highest BCUT2D eigenvalue weighted by atomic mass is 32.2. The molecule has 2 aromatic carbocycles. The van der Waals surface area contributed by atoms with Gasteiger partial charge in [0.25, 0.3) is 10.5 Å². The van der Waals surface area contributed by atoms with Gasteiger partial charge in [0.15, 0.2) is 0 Å². The first kappa shape index (κ1) is 18.5. The molecule has 0 bridgehead atoms. The summed E-state index contributed by atoms with van der Waals surface area (Å²) in [5.41, 5.74) is 0.572. The molecular weight excluding hydrogens is 402 g/mol. The van der Waals surface area contributed by atoms with Crippen molar-refractivity contribution in [2.45, 2.75) is 10.5 Å². The Labute approximate surface area is 167 Å². The van der Waals surface area contributed by atoms with Gasteiger partial charge in [-0.15, -0.1) is 0 Å². The fourth-order valence-corrected chi connectivity index (χ4v) is 5.14. The van der Waals surface area contributed by atoms with Gasteiger partial charge in [0.1, 0.15) is 17.0 Å². The molecule has 2 aromatic rings. The van der Waals surface area contributed by atoms with E-state index in [4.69, 9.17) is 0 Å². The minimum absolute atomic E-state index is 0.461. The lowest BCUT2D eigenvalue weighted by Crippen LogP contribution is -2.42. The second kappa shape index (κ2) is 7.28. The summed E-state index contributed by atoms with van der Waals surface area (Å²) < 4.78 is 0. The number of nitrogens with one attached hydrogen (secondary N) is 2. The zero-order valence-corrected chi connectivity index (χ0v) is 15.8. The minimum atomic E-state index is -1.02. The van der Waals surface area contributed by atoms with E-state index in [1.165, 1.54) is 0 Å². The average Bonchev–Trinajstić information content (AvgIpc) is 3.14. The number of anilines is 1. The first-order valence-corrected chi connectivity index (χ1v) is 10.0. The molecule has 10 heteroatoms. The lowest BCUT2D eigenvalue weighted by Gasteiger charge is -2.15. The topological polar surface area (TPSA) is 113 Å². The molecule has 2 aliphatic rings. The summed E-state index contributed by atoms with van der Waals surface area (Å²) in [5.74, 6) is -1.78. The zero-order chi connectivity index (χ0) is 19.8. The number of fused-ring (bicyclic) bond motifs is 1. The summed E-state index contributed by atoms with van der Waals surface area (Å²) in [4.78, 5) is 61.1. The summed E-state index contributed by atoms with van der Waals surface area (Å²) in [6.07, 6.45) is 0. The van der Waals surface area contributed by atoms with Gasteiger partial charge in [0.05, 0.1) is 0 Å². The Hall–Kier alpha value is -2.85. The highest BCUT2D eigenvalue weighted by molar-refractivity contribution is 8.19. The maximum atomic E-state index is 12.6. The maximum Gasteiger partial charge on any atom is 0.289 e. The third kappa shape index (κ3) is 3.36. The van der Waals surface area contributed by atoms with E-state index in [1.807, 2.05) is 30.3 Å². The maximum absolute atomic E-state index is 12.6. The van der Waals surface area contributed by atoms with Crippen LogP contribution in [-0.2, 0) is 14.4 Å². The van der Waals surface area contributed by atoms with Crippen LogP contribution in [0.1, 0.15) is 0 Å². The molecule has 2 saturated heterocycles. The van der Waals surface area contributed by atoms with Gasteiger partial charge >= 0.3 is 0 Å². The molecule has 28 heavy (non-hydrogen) atoms. The van der Waals surface area contributed by atoms with Crippen LogP contribution in [0.3, 0.4) is 0 Å². The predicted molar refractivity (Wildman–Crippen MR) is 106 cm³/mol. The lowest BCUT2D eigenvalue weighted by atomic mass is 10.1. The number of thioether (sulfide) groups is 2. The van der Waals surface area contributed by atoms with Crippen LogP contribution in [-0.4, -0.2) is 50.1 Å². The highest BCUT2D eigenvalue weighted by Crippen LogP contribution is 2.36. The molecule has 2 fully saturated rings. The molecule has 4 rings (SSSR count). The predicted octanol–water partition coefficient (Wildman–Crippen LogP) is 2.19. The van der Waals surface area contributed by atoms with Gasteiger partial charge < -0.3 is 5.32 Å². The van der Waals surface area contributed by atoms with E-state index in [0.717, 1.165) is 15.7 Å². The number of nitrogens with zero attached hydrogens (tertiary/aromatic N) is 1. The van der Waals surface area contributed by atoms with Crippen molar-refractivity contribution in [2.75, 3.05) is 11.9 Å². The van der Waals surface area contributed by atoms with Crippen molar-refractivity contribution in [1.29, 1.82) is 0 Å². The number of benzene rings is 2. The molecule has 5 amide bonds. The van der Waals surface area contributed by atoms with Crippen LogP contribution < -0.4 is 10.6 Å². The van der Waals surface area contributed by atoms with Crippen molar-refractivity contribution in [3.8, 4) is 0 Å². The first-order chi connectivity index (χ1) is 13.4. The summed E-state index contributed by atoms with van der Waals surface area (Å²) in [6, 6.07) is 12.9. The van der Waals surface area contributed by atoms with Gasteiger partial charge in [-0.25, -0.2) is 0 Å². The van der Waals surface area contributed by atoms with Crippen molar-refractivity contribution >= 4 is 68.2 Å². The van der Waals surface area contributed by atoms with Crippen LogP contribution in [0.25, 0.3) is 10.8 Å². The molecule has 2 heterocycles. The standard InChI is InChI=1S/C18H13N3O5S2/c22-12(19-11-7-3-5-9-4-1-2-6-10(9)11)8-21-16(24)14(28-18(21)26)13-15(23)20-17(25)27-13/h1-7,13-14H,8H2,(H,19,22)(H,20,23,25)/t13-,14-/m0/s1. The summed E-state index contributed by atoms with van der Waals surface area (Å²) >= 11 is 1.34. The fraction of sp³-hybridized carbons (Fsp3) is 0.167. The number of amides is 5. The molecular formula is C18H13N3O5S2. The Morgan fingerprint density at radius 1 is 1.00 bits per heavy atom. The Morgan fingerprint density at radius 2 is 1.75 bits per heavy atom. The highest BCUT2D eigenvalue weighted by Gasteiger charge is 2.50. The van der Waals surface area contributed by atoms with Crippen molar-refractivity contribution in [3.05, 3.63) is 42.5 Å². The molecule has 2 atom stereocenters. The fourth-order valence-electron chi connectivity index (χ4n) is 3.04. The molecule has 0 saturated carbocycles. The number of carbonyl (C=O) groups is 5. The average molecular weight is 415 g/mol. The third-order valence-corrected chi connectivity index (χ3v) is 6.69. The number of rotatable bonds is 4. The van der Waals surface area contributed by atoms with E-state index in [-0.39, 0.29) is 0 Å². The Kier molecular flexibility index (Phi) is 4.82. The Balaban J connectivity index is 1.47. The molecule has 0 spiro atoms. The summed E-state index contributed by atoms with van der Waals surface area (Å²) in [5, 5.41) is 3.43. The van der Waals surface area contributed by atoms with Crippen LogP contribution in [0.2, 0.25) is 0 Å². The van der Waals surface area contributed by atoms with Gasteiger partial charge in [0.2, 0.25) is 17.7 Å². The lowest BCUT2D eigenvalue weighted by molar-refractivity contribution is -0.131. The van der Waals surface area contributed by atoms with Crippen molar-refractivity contribution < 1.29 is 24.0 Å². The van der Waals surface area contributed by atoms with E-state index in [2.05, 4.69) is 10.6 Å². The van der Waals surface area contributed by atoms with E-state index in [1.54, 1.807) is 12.1 Å². The first-order valence-electron chi connectivity index (χ1n) is 8.25. The molecule has 0 radical (unpaired) electrons. The van der Waals surface area contributed by atoms with E-state index in [0.29, 0.717) is 29.2 Å². The van der Waals surface area contributed by atoms with E-state index < -0.39 is 45.2 Å². The monoisotopic (exact) mass is 415 g/mol. The van der Waals surface area contributed by atoms with E-state index in [9.17, 15) is 24.0 Å². The summed E-state index contributed by atoms with van der Waals surface area (Å²) in [6.45, 7) is -0.461. The minimum Gasteiger partial charge on any atom is -0.324 e. The van der Waals surface area contributed by atoms with Crippen LogP contribution in [0, 0.1) is 0 Å². The van der Waals surface area contributed by atoms with Gasteiger partial charge in [0, 0.05) is 11.1 Å². The van der Waals surface area contributed by atoms with Crippen molar-refractivity contribution in [1.82, 2.24) is 10.2 Å². The van der Waals surface area contributed by atoms with Crippen LogP contribution in [0.15, 0.2) is 42.5 Å². The smallest absolute Gasteiger partial charge is 0.289 e. The second-order valence-electron chi connectivity index (χ2n) is 6.12. The number of hydrogen-bond acceptors (Lipinski definition) is 7. The SMILES string of the molecule is O=C(CN1C(=O)S[C@@H]([C@@H]2SC(=O)NC2=O)C1=O)Nc1cccc2ccccc12. The van der Waals surface area contributed by atoms with Crippen molar-refractivity contribution in [3.63, 3.8) is 0 Å². The van der Waals surface area contributed by atoms with Crippen LogP contribution in [0.4, 0.5) is 15.3 Å². The largest absolute Gasteiger partial charge is 0.324 e. The zero-order valence-electron chi connectivity index (χ0n) is 14.2. The Bertz CT molecular complexity index is 1040. The molecule has 0 unspecified atom stereocenters. The normalized spacial score (nSPS) is 22.1. The van der Waals surface area contributed by atoms with E-state index >= 15 is 0 Å². The van der Waals surface area contributed by atoms with Gasteiger partial charge in [-0.2, -0.15) is 0 Å². The van der Waals surface area contributed by atoms with Crippen LogP contribution >= 0.6 is 23.5 Å². The van der Waals surface area contributed by atoms with Gasteiger partial charge in [-0.3, -0.25) is 34.2 Å². The van der Waals surface area contributed by atoms with Crippen molar-refractivity contribution in [2.24, 2.45) is 0 Å².